The molecular formula is C14H22N4O3. The van der Waals surface area contributed by atoms with Crippen LogP contribution in [0.15, 0.2) is 17.1 Å². The van der Waals surface area contributed by atoms with E-state index in [-0.39, 0.29) is 23.5 Å². The minimum atomic E-state index is -0.218. The molecule has 2 atom stereocenters. The van der Waals surface area contributed by atoms with Crippen molar-refractivity contribution in [3.63, 3.8) is 0 Å². The van der Waals surface area contributed by atoms with Crippen molar-refractivity contribution in [1.82, 2.24) is 14.5 Å². The van der Waals surface area contributed by atoms with Gasteiger partial charge in [-0.1, -0.05) is 6.92 Å². The molecule has 0 saturated heterocycles. The average Bonchev–Trinajstić information content (AvgIpc) is 2.85. The molecule has 7 heteroatoms. The number of ether oxygens (including phenoxy) is 2. The summed E-state index contributed by atoms with van der Waals surface area (Å²) in [5.74, 6) is 0.383. The molecule has 2 aromatic heterocycles. The lowest BCUT2D eigenvalue weighted by molar-refractivity contribution is -0.0135. The third-order valence-corrected chi connectivity index (χ3v) is 3.76. The van der Waals surface area contributed by atoms with E-state index in [1.165, 1.54) is 0 Å². The number of nitrogen functional groups attached to an aromatic ring is 1. The summed E-state index contributed by atoms with van der Waals surface area (Å²) in [5, 5.41) is 0.541. The first kappa shape index (κ1) is 15.5. The van der Waals surface area contributed by atoms with Crippen LogP contribution < -0.4 is 11.3 Å². The van der Waals surface area contributed by atoms with E-state index >= 15 is 0 Å². The normalized spacial score (nSPS) is 14.4. The number of fused-ring (bicyclic) bond motifs is 1. The lowest BCUT2D eigenvalue weighted by atomic mass is 9.99. The number of rotatable bonds is 7. The summed E-state index contributed by atoms with van der Waals surface area (Å²) in [5.41, 5.74) is 6.01. The van der Waals surface area contributed by atoms with Crippen LogP contribution in [-0.2, 0) is 16.0 Å². The number of nitrogens with zero attached hydrogens (tertiary/aromatic N) is 2. The number of hydrogen-bond acceptors (Lipinski definition) is 5. The highest BCUT2D eigenvalue weighted by Crippen LogP contribution is 2.18. The monoisotopic (exact) mass is 294 g/mol. The van der Waals surface area contributed by atoms with Gasteiger partial charge in [-0.05, 0) is 12.5 Å². The minimum Gasteiger partial charge on any atom is -0.382 e. The Morgan fingerprint density at radius 1 is 1.48 bits per heavy atom. The number of H-pyrrole nitrogens is 1. The van der Waals surface area contributed by atoms with Crippen LogP contribution in [0.5, 0.6) is 0 Å². The van der Waals surface area contributed by atoms with Crippen molar-refractivity contribution in [2.45, 2.75) is 26.0 Å². The van der Waals surface area contributed by atoms with Gasteiger partial charge in [0.05, 0.1) is 18.1 Å². The molecule has 21 heavy (non-hydrogen) atoms. The highest BCUT2D eigenvalue weighted by molar-refractivity contribution is 5.75. The quantitative estimate of drug-likeness (QED) is 0.794. The van der Waals surface area contributed by atoms with Gasteiger partial charge in [-0.25, -0.2) is 0 Å². The molecule has 2 heterocycles. The fraction of sp³-hybridized carbons (Fsp3) is 0.571. The number of hydrogen-bond donors (Lipinski definition) is 2. The molecule has 0 amide bonds. The van der Waals surface area contributed by atoms with Crippen LogP contribution in [-0.4, -0.2) is 41.5 Å². The zero-order valence-electron chi connectivity index (χ0n) is 12.6. The Balaban J connectivity index is 2.31. The van der Waals surface area contributed by atoms with E-state index in [1.807, 2.05) is 10.8 Å². The Labute approximate surface area is 123 Å². The van der Waals surface area contributed by atoms with Crippen molar-refractivity contribution in [2.24, 2.45) is 5.92 Å². The van der Waals surface area contributed by atoms with Gasteiger partial charge in [0.15, 0.2) is 0 Å². The Morgan fingerprint density at radius 3 is 2.86 bits per heavy atom. The smallest absolute Gasteiger partial charge is 0.261 e. The Morgan fingerprint density at radius 2 is 2.24 bits per heavy atom. The molecular weight excluding hydrogens is 272 g/mol. The van der Waals surface area contributed by atoms with Gasteiger partial charge in [0.2, 0.25) is 5.95 Å². The van der Waals surface area contributed by atoms with E-state index in [0.29, 0.717) is 24.2 Å². The second-order valence-electron chi connectivity index (χ2n) is 5.05. The second kappa shape index (κ2) is 6.73. The van der Waals surface area contributed by atoms with Gasteiger partial charge < -0.3 is 19.8 Å². The van der Waals surface area contributed by atoms with Gasteiger partial charge in [0.25, 0.3) is 5.56 Å². The topological polar surface area (TPSA) is 95.2 Å². The Bertz CT molecular complexity index is 649. The van der Waals surface area contributed by atoms with Gasteiger partial charge in [0, 0.05) is 32.9 Å². The van der Waals surface area contributed by atoms with Crippen molar-refractivity contribution < 1.29 is 9.47 Å². The maximum atomic E-state index is 11.8. The second-order valence-corrected chi connectivity index (χ2v) is 5.05. The van der Waals surface area contributed by atoms with Crippen LogP contribution in [0.25, 0.3) is 11.0 Å². The standard InChI is InChI=1S/C14H22N4O3/c1-4-9(11(21-3)8-20-2)7-18-6-5-10-12(18)16-14(15)17-13(10)19/h5-6,9,11H,4,7-8H2,1-3H3,(H3,15,16,17,19). The van der Waals surface area contributed by atoms with Crippen LogP contribution in [0.1, 0.15) is 13.3 Å². The third kappa shape index (κ3) is 3.25. The van der Waals surface area contributed by atoms with Crippen LogP contribution in [0, 0.1) is 5.92 Å². The lowest BCUT2D eigenvalue weighted by Crippen LogP contribution is -2.30. The van der Waals surface area contributed by atoms with Crippen molar-refractivity contribution in [2.75, 3.05) is 26.6 Å². The highest BCUT2D eigenvalue weighted by atomic mass is 16.5. The summed E-state index contributed by atoms with van der Waals surface area (Å²) in [7, 11) is 3.34. The highest BCUT2D eigenvalue weighted by Gasteiger charge is 2.21. The molecule has 2 unspecified atom stereocenters. The maximum absolute atomic E-state index is 11.8. The molecule has 3 N–H and O–H groups in total. The van der Waals surface area contributed by atoms with Gasteiger partial charge in [-0.3, -0.25) is 9.78 Å². The van der Waals surface area contributed by atoms with Crippen LogP contribution in [0.3, 0.4) is 0 Å². The van der Waals surface area contributed by atoms with Crippen molar-refractivity contribution in [1.29, 1.82) is 0 Å². The van der Waals surface area contributed by atoms with Crippen LogP contribution in [0.2, 0.25) is 0 Å². The molecule has 0 radical (unpaired) electrons. The summed E-state index contributed by atoms with van der Waals surface area (Å²) >= 11 is 0. The van der Waals surface area contributed by atoms with E-state index in [1.54, 1.807) is 20.3 Å². The van der Waals surface area contributed by atoms with Gasteiger partial charge >= 0.3 is 0 Å². The van der Waals surface area contributed by atoms with Crippen LogP contribution >= 0.6 is 0 Å². The predicted molar refractivity (Wildman–Crippen MR) is 81.2 cm³/mol. The zero-order chi connectivity index (χ0) is 15.4. The van der Waals surface area contributed by atoms with Gasteiger partial charge in [-0.15, -0.1) is 0 Å². The lowest BCUT2D eigenvalue weighted by Gasteiger charge is -2.25. The fourth-order valence-corrected chi connectivity index (χ4v) is 2.56. The maximum Gasteiger partial charge on any atom is 0.261 e. The number of aromatic nitrogens is 3. The fourth-order valence-electron chi connectivity index (χ4n) is 2.56. The molecule has 116 valence electrons. The summed E-state index contributed by atoms with van der Waals surface area (Å²) in [6.45, 7) is 3.33. The SMILES string of the molecule is CCC(Cn1ccc2c(=O)[nH]c(N)nc21)C(COC)OC. The number of aromatic amines is 1. The van der Waals surface area contributed by atoms with Gasteiger partial charge in [0.1, 0.15) is 5.65 Å². The zero-order valence-corrected chi connectivity index (χ0v) is 12.6. The average molecular weight is 294 g/mol. The molecule has 0 aliphatic heterocycles. The first-order valence-corrected chi connectivity index (χ1v) is 6.97. The minimum absolute atomic E-state index is 0.00297. The molecule has 7 nitrogen and oxygen atoms in total. The summed E-state index contributed by atoms with van der Waals surface area (Å²) < 4.78 is 12.6. The van der Waals surface area contributed by atoms with Crippen molar-refractivity contribution in [3.05, 3.63) is 22.6 Å². The number of nitrogens with one attached hydrogen (secondary N) is 1. The molecule has 0 aliphatic rings. The van der Waals surface area contributed by atoms with Crippen LogP contribution in [0.4, 0.5) is 5.95 Å². The largest absolute Gasteiger partial charge is 0.382 e. The number of methoxy groups -OCH3 is 2. The first-order chi connectivity index (χ1) is 10.1. The molecule has 0 aromatic carbocycles. The van der Waals surface area contributed by atoms with E-state index in [0.717, 1.165) is 6.42 Å². The number of anilines is 1. The van der Waals surface area contributed by atoms with Crippen molar-refractivity contribution in [3.8, 4) is 0 Å². The predicted octanol–water partition coefficient (Wildman–Crippen LogP) is 0.994. The van der Waals surface area contributed by atoms with Gasteiger partial charge in [-0.2, -0.15) is 4.98 Å². The summed E-state index contributed by atoms with van der Waals surface area (Å²) in [4.78, 5) is 18.6. The van der Waals surface area contributed by atoms with E-state index < -0.39 is 0 Å². The van der Waals surface area contributed by atoms with E-state index in [9.17, 15) is 4.79 Å². The molecule has 0 spiro atoms. The molecule has 0 bridgehead atoms. The van der Waals surface area contributed by atoms with E-state index in [2.05, 4.69) is 16.9 Å². The summed E-state index contributed by atoms with van der Waals surface area (Å²) in [6, 6.07) is 1.76. The molecule has 0 saturated carbocycles. The Hall–Kier alpha value is -1.86. The molecule has 0 aliphatic carbocycles. The molecule has 2 rings (SSSR count). The summed E-state index contributed by atoms with van der Waals surface area (Å²) in [6.07, 6.45) is 2.78. The first-order valence-electron chi connectivity index (χ1n) is 6.97. The molecule has 0 fully saturated rings. The molecule has 2 aromatic rings. The van der Waals surface area contributed by atoms with E-state index in [4.69, 9.17) is 15.2 Å². The Kier molecular flexibility index (Phi) is 4.98. The number of nitrogens with two attached hydrogens (primary N) is 1. The third-order valence-electron chi connectivity index (χ3n) is 3.76. The van der Waals surface area contributed by atoms with Crippen molar-refractivity contribution >= 4 is 17.0 Å².